The number of amides is 4. The van der Waals surface area contributed by atoms with Crippen LogP contribution in [-0.2, 0) is 16.6 Å². The zero-order valence-corrected chi connectivity index (χ0v) is 27.7. The lowest BCUT2D eigenvalue weighted by Crippen LogP contribution is -2.55. The minimum atomic E-state index is -3.34. The first kappa shape index (κ1) is 35.1. The molecular weight excluding hydrogens is 686 g/mol. The lowest BCUT2D eigenvalue weighted by atomic mass is 9.93. The minimum absolute atomic E-state index is 0.00466. The third kappa shape index (κ3) is 7.12. The Morgan fingerprint density at radius 1 is 0.900 bits per heavy atom. The third-order valence-corrected chi connectivity index (χ3v) is 9.67. The van der Waals surface area contributed by atoms with Crippen molar-refractivity contribution in [3.63, 3.8) is 0 Å². The SMILES string of the molecule is Cn1c(-c2ccc(OC(F)F)c(F)c2F)cnc1C(=O)Nc1ccc(C(=O)N2CCN(C(=O)C3CCN(C(=O)C4CNC4)CC3)CC2)c(Cl)c1. The van der Waals surface area contributed by atoms with Gasteiger partial charge in [0.15, 0.2) is 17.4 Å². The maximum absolute atomic E-state index is 14.7. The molecular formula is C33H34ClF4N7O5. The van der Waals surface area contributed by atoms with E-state index in [1.807, 2.05) is 4.90 Å². The summed E-state index contributed by atoms with van der Waals surface area (Å²) in [5.74, 6) is -5.17. The molecule has 0 aliphatic carbocycles. The monoisotopic (exact) mass is 719 g/mol. The molecule has 3 aliphatic heterocycles. The van der Waals surface area contributed by atoms with Crippen molar-refractivity contribution in [2.75, 3.05) is 57.7 Å². The van der Waals surface area contributed by atoms with Crippen LogP contribution in [0.5, 0.6) is 5.75 Å². The van der Waals surface area contributed by atoms with Crippen molar-refractivity contribution < 1.29 is 41.5 Å². The molecule has 0 bridgehead atoms. The first-order valence-corrected chi connectivity index (χ1v) is 16.4. The number of benzene rings is 2. The number of likely N-dealkylation sites (tertiary alicyclic amines) is 1. The molecule has 3 aromatic rings. The van der Waals surface area contributed by atoms with Gasteiger partial charge in [0.2, 0.25) is 17.6 Å². The van der Waals surface area contributed by atoms with Crippen LogP contribution in [0.2, 0.25) is 5.02 Å². The van der Waals surface area contributed by atoms with E-state index in [1.165, 1.54) is 29.8 Å². The molecule has 0 saturated carbocycles. The van der Waals surface area contributed by atoms with Gasteiger partial charge in [0, 0.05) is 76.6 Å². The van der Waals surface area contributed by atoms with Crippen LogP contribution < -0.4 is 15.4 Å². The second kappa shape index (κ2) is 14.6. The quantitative estimate of drug-likeness (QED) is 0.341. The predicted molar refractivity (Wildman–Crippen MR) is 173 cm³/mol. The Bertz CT molecular complexity index is 1800. The number of hydrogen-bond donors (Lipinski definition) is 2. The second-order valence-corrected chi connectivity index (χ2v) is 12.8. The predicted octanol–water partition coefficient (Wildman–Crippen LogP) is 3.61. The first-order chi connectivity index (χ1) is 23.9. The highest BCUT2D eigenvalue weighted by molar-refractivity contribution is 6.34. The number of ether oxygens (including phenoxy) is 1. The molecule has 0 spiro atoms. The molecule has 0 radical (unpaired) electrons. The molecule has 266 valence electrons. The smallest absolute Gasteiger partial charge is 0.387 e. The summed E-state index contributed by atoms with van der Waals surface area (Å²) in [4.78, 5) is 61.3. The Kier molecular flexibility index (Phi) is 10.3. The Hall–Kier alpha value is -4.70. The molecule has 3 aliphatic rings. The molecule has 50 heavy (non-hydrogen) atoms. The largest absolute Gasteiger partial charge is 0.432 e. The van der Waals surface area contributed by atoms with E-state index in [9.17, 15) is 36.7 Å². The average molecular weight is 720 g/mol. The van der Waals surface area contributed by atoms with Gasteiger partial charge in [-0.1, -0.05) is 11.6 Å². The number of alkyl halides is 2. The maximum Gasteiger partial charge on any atom is 0.387 e. The van der Waals surface area contributed by atoms with Crippen molar-refractivity contribution in [3.8, 4) is 17.0 Å². The summed E-state index contributed by atoms with van der Waals surface area (Å²) in [6.45, 7) is 0.600. The number of imidazole rings is 1. The molecule has 2 N–H and O–H groups in total. The van der Waals surface area contributed by atoms with Crippen LogP contribution in [-0.4, -0.2) is 107 Å². The van der Waals surface area contributed by atoms with E-state index < -0.39 is 29.9 Å². The minimum Gasteiger partial charge on any atom is -0.432 e. The molecule has 0 atom stereocenters. The van der Waals surface area contributed by atoms with Crippen LogP contribution in [0.4, 0.5) is 23.2 Å². The van der Waals surface area contributed by atoms with Crippen LogP contribution >= 0.6 is 11.6 Å². The molecule has 3 saturated heterocycles. The molecule has 2 aromatic carbocycles. The fraction of sp³-hybridized carbons (Fsp3) is 0.424. The van der Waals surface area contributed by atoms with Gasteiger partial charge in [0.1, 0.15) is 0 Å². The normalized spacial score (nSPS) is 17.1. The van der Waals surface area contributed by atoms with Gasteiger partial charge in [-0.05, 0) is 43.2 Å². The van der Waals surface area contributed by atoms with E-state index in [2.05, 4.69) is 20.4 Å². The third-order valence-electron chi connectivity index (χ3n) is 9.35. The van der Waals surface area contributed by atoms with Crippen LogP contribution in [0.3, 0.4) is 0 Å². The van der Waals surface area contributed by atoms with Gasteiger partial charge in [0.05, 0.1) is 28.4 Å². The molecule has 1 aromatic heterocycles. The molecule has 0 unspecified atom stereocenters. The highest BCUT2D eigenvalue weighted by Gasteiger charge is 2.36. The van der Waals surface area contributed by atoms with Gasteiger partial charge in [-0.25, -0.2) is 9.37 Å². The number of nitrogens with zero attached hydrogens (tertiary/aromatic N) is 5. The van der Waals surface area contributed by atoms with E-state index in [-0.39, 0.29) is 62.9 Å². The highest BCUT2D eigenvalue weighted by atomic mass is 35.5. The van der Waals surface area contributed by atoms with Gasteiger partial charge in [-0.3, -0.25) is 19.2 Å². The van der Waals surface area contributed by atoms with E-state index in [0.29, 0.717) is 65.2 Å². The lowest BCUT2D eigenvalue weighted by Gasteiger charge is -2.40. The average Bonchev–Trinajstić information content (AvgIpc) is 3.46. The molecule has 3 fully saturated rings. The van der Waals surface area contributed by atoms with Crippen LogP contribution in [0, 0.1) is 23.5 Å². The molecule has 12 nitrogen and oxygen atoms in total. The Morgan fingerprint density at radius 2 is 1.54 bits per heavy atom. The number of carbonyl (C=O) groups is 4. The fourth-order valence-corrected chi connectivity index (χ4v) is 6.63. The summed E-state index contributed by atoms with van der Waals surface area (Å²) in [5, 5.41) is 5.79. The van der Waals surface area contributed by atoms with Crippen LogP contribution in [0.1, 0.15) is 33.8 Å². The Balaban J connectivity index is 1.02. The van der Waals surface area contributed by atoms with E-state index in [4.69, 9.17) is 11.6 Å². The topological polar surface area (TPSA) is 129 Å². The van der Waals surface area contributed by atoms with E-state index in [1.54, 1.807) is 9.80 Å². The van der Waals surface area contributed by atoms with Gasteiger partial charge in [-0.15, -0.1) is 0 Å². The number of nitrogens with one attached hydrogen (secondary N) is 2. The number of anilines is 1. The molecule has 17 heteroatoms. The molecule has 4 amide bonds. The van der Waals surface area contributed by atoms with Gasteiger partial charge >= 0.3 is 6.61 Å². The summed E-state index contributed by atoms with van der Waals surface area (Å²) < 4.78 is 59.2. The lowest BCUT2D eigenvalue weighted by molar-refractivity contribution is -0.144. The molecule has 4 heterocycles. The summed E-state index contributed by atoms with van der Waals surface area (Å²) >= 11 is 6.46. The van der Waals surface area contributed by atoms with Gasteiger partial charge in [-0.2, -0.15) is 13.2 Å². The number of rotatable bonds is 8. The van der Waals surface area contributed by atoms with Crippen molar-refractivity contribution in [2.45, 2.75) is 19.5 Å². The van der Waals surface area contributed by atoms with E-state index in [0.717, 1.165) is 18.3 Å². The standard InChI is InChI=1S/C33H34ClF4N7O5/c1-42-24(22-4-5-25(50-33(37)38)27(36)26(22)35)17-40-28(42)29(46)41-20-2-3-21(23(34)14-20)32(49)45-12-10-44(11-13-45)30(47)18-6-8-43(9-7-18)31(48)19-15-39-16-19/h2-5,14,17-19,33,39H,6-13,15-16H2,1H3,(H,41,46). The highest BCUT2D eigenvalue weighted by Crippen LogP contribution is 2.31. The van der Waals surface area contributed by atoms with Crippen molar-refractivity contribution in [1.29, 1.82) is 0 Å². The van der Waals surface area contributed by atoms with E-state index >= 15 is 0 Å². The number of piperazine rings is 1. The maximum atomic E-state index is 14.7. The van der Waals surface area contributed by atoms with Gasteiger partial charge < -0.3 is 34.6 Å². The number of aromatic nitrogens is 2. The molecule has 6 rings (SSSR count). The van der Waals surface area contributed by atoms with Crippen molar-refractivity contribution in [1.82, 2.24) is 29.6 Å². The van der Waals surface area contributed by atoms with Gasteiger partial charge in [0.25, 0.3) is 11.8 Å². The summed E-state index contributed by atoms with van der Waals surface area (Å²) in [6.07, 6.45) is 2.37. The fourth-order valence-electron chi connectivity index (χ4n) is 6.37. The van der Waals surface area contributed by atoms with Crippen LogP contribution in [0.25, 0.3) is 11.3 Å². The summed E-state index contributed by atoms with van der Waals surface area (Å²) in [7, 11) is 1.39. The summed E-state index contributed by atoms with van der Waals surface area (Å²) in [6, 6.07) is 6.23. The number of carbonyl (C=O) groups excluding carboxylic acids is 4. The van der Waals surface area contributed by atoms with Crippen molar-refractivity contribution in [3.05, 3.63) is 64.6 Å². The zero-order valence-electron chi connectivity index (χ0n) is 26.9. The number of hydrogen-bond acceptors (Lipinski definition) is 7. The van der Waals surface area contributed by atoms with Crippen molar-refractivity contribution >= 4 is 40.9 Å². The Morgan fingerprint density at radius 3 is 2.16 bits per heavy atom. The second-order valence-electron chi connectivity index (χ2n) is 12.4. The first-order valence-electron chi connectivity index (χ1n) is 16.1. The number of piperidine rings is 1. The number of halogens is 5. The Labute approximate surface area is 289 Å². The summed E-state index contributed by atoms with van der Waals surface area (Å²) in [5.41, 5.74) is 0.110. The van der Waals surface area contributed by atoms with Crippen molar-refractivity contribution in [2.24, 2.45) is 18.9 Å². The zero-order chi connectivity index (χ0) is 35.7. The van der Waals surface area contributed by atoms with Crippen LogP contribution in [0.15, 0.2) is 36.5 Å².